The van der Waals surface area contributed by atoms with E-state index < -0.39 is 5.97 Å². The third kappa shape index (κ3) is 3.06. The summed E-state index contributed by atoms with van der Waals surface area (Å²) in [5.74, 6) is -0.667. The first-order valence-corrected chi connectivity index (χ1v) is 5.86. The molecule has 0 unspecified atom stereocenters. The van der Waals surface area contributed by atoms with Crippen LogP contribution in [0.2, 0.25) is 0 Å². The summed E-state index contributed by atoms with van der Waals surface area (Å²) in [4.78, 5) is 22.8. The summed E-state index contributed by atoms with van der Waals surface area (Å²) in [6.07, 6.45) is 0.120. The van der Waals surface area contributed by atoms with E-state index in [1.807, 2.05) is 0 Å². The molecule has 86 valence electrons. The SMILES string of the molecule is COC(=O)c1cccc(Br)c1CC(=O)CCl. The molecular formula is C11H10BrClO3. The van der Waals surface area contributed by atoms with Crippen molar-refractivity contribution in [1.29, 1.82) is 0 Å². The Morgan fingerprint density at radius 3 is 2.69 bits per heavy atom. The van der Waals surface area contributed by atoms with Crippen LogP contribution in [0.15, 0.2) is 22.7 Å². The standard InChI is InChI=1S/C11H10BrClO3/c1-16-11(15)8-3-2-4-10(12)9(8)5-7(14)6-13/h2-4H,5-6H2,1H3. The molecule has 3 nitrogen and oxygen atoms in total. The Bertz CT molecular complexity index is 418. The van der Waals surface area contributed by atoms with Gasteiger partial charge in [0.1, 0.15) is 0 Å². The second-order valence-corrected chi connectivity index (χ2v) is 4.23. The predicted octanol–water partition coefficient (Wildman–Crippen LogP) is 2.59. The van der Waals surface area contributed by atoms with Gasteiger partial charge in [0, 0.05) is 10.9 Å². The summed E-state index contributed by atoms with van der Waals surface area (Å²) >= 11 is 8.74. The van der Waals surface area contributed by atoms with Crippen molar-refractivity contribution in [3.8, 4) is 0 Å². The van der Waals surface area contributed by atoms with Gasteiger partial charge in [0.05, 0.1) is 18.6 Å². The fraction of sp³-hybridized carbons (Fsp3) is 0.273. The number of methoxy groups -OCH3 is 1. The fourth-order valence-electron chi connectivity index (χ4n) is 1.28. The molecule has 1 aromatic rings. The molecule has 5 heteroatoms. The van der Waals surface area contributed by atoms with Crippen LogP contribution >= 0.6 is 27.5 Å². The van der Waals surface area contributed by atoms with Gasteiger partial charge in [-0.25, -0.2) is 4.79 Å². The molecule has 1 rings (SSSR count). The summed E-state index contributed by atoms with van der Waals surface area (Å²) < 4.78 is 5.35. The number of benzene rings is 1. The first kappa shape index (κ1) is 13.2. The lowest BCUT2D eigenvalue weighted by Gasteiger charge is -2.08. The van der Waals surface area contributed by atoms with Crippen LogP contribution in [0.1, 0.15) is 15.9 Å². The van der Waals surface area contributed by atoms with Gasteiger partial charge in [0.25, 0.3) is 0 Å². The number of halogens is 2. The van der Waals surface area contributed by atoms with Crippen molar-refractivity contribution in [2.24, 2.45) is 0 Å². The molecule has 0 bridgehead atoms. The van der Waals surface area contributed by atoms with Crippen LogP contribution in [-0.4, -0.2) is 24.7 Å². The Morgan fingerprint density at radius 2 is 2.12 bits per heavy atom. The average Bonchev–Trinajstić information content (AvgIpc) is 2.30. The molecule has 0 fully saturated rings. The molecule has 16 heavy (non-hydrogen) atoms. The second kappa shape index (κ2) is 6.01. The van der Waals surface area contributed by atoms with Crippen LogP contribution in [0.3, 0.4) is 0 Å². The molecule has 0 radical (unpaired) electrons. The van der Waals surface area contributed by atoms with Gasteiger partial charge in [-0.3, -0.25) is 4.79 Å². The van der Waals surface area contributed by atoms with Crippen molar-refractivity contribution >= 4 is 39.3 Å². The minimum absolute atomic E-state index is 0.0675. The van der Waals surface area contributed by atoms with Crippen molar-refractivity contribution in [2.75, 3.05) is 13.0 Å². The molecule has 0 N–H and O–H groups in total. The van der Waals surface area contributed by atoms with Gasteiger partial charge in [-0.2, -0.15) is 0 Å². The van der Waals surface area contributed by atoms with E-state index in [-0.39, 0.29) is 18.1 Å². The smallest absolute Gasteiger partial charge is 0.338 e. The molecule has 0 atom stereocenters. The number of esters is 1. The monoisotopic (exact) mass is 304 g/mol. The predicted molar refractivity (Wildman–Crippen MR) is 64.9 cm³/mol. The molecule has 0 aromatic heterocycles. The second-order valence-electron chi connectivity index (χ2n) is 3.11. The number of ketones is 1. The third-order valence-electron chi connectivity index (χ3n) is 2.05. The number of Topliss-reactive ketones (excluding diaryl/α,β-unsaturated/α-hetero) is 1. The zero-order chi connectivity index (χ0) is 12.1. The molecule has 0 aliphatic rings. The molecule has 0 saturated carbocycles. The Balaban J connectivity index is 3.13. The summed E-state index contributed by atoms with van der Waals surface area (Å²) in [6, 6.07) is 5.10. The highest BCUT2D eigenvalue weighted by atomic mass is 79.9. The van der Waals surface area contributed by atoms with Gasteiger partial charge in [-0.05, 0) is 17.7 Å². The lowest BCUT2D eigenvalue weighted by molar-refractivity contribution is -0.116. The van der Waals surface area contributed by atoms with E-state index >= 15 is 0 Å². The summed E-state index contributed by atoms with van der Waals surface area (Å²) in [7, 11) is 1.30. The number of carbonyl (C=O) groups is 2. The van der Waals surface area contributed by atoms with Crippen LogP contribution < -0.4 is 0 Å². The molecule has 0 saturated heterocycles. The van der Waals surface area contributed by atoms with E-state index in [0.717, 1.165) is 0 Å². The van der Waals surface area contributed by atoms with E-state index in [9.17, 15) is 9.59 Å². The number of carbonyl (C=O) groups excluding carboxylic acids is 2. The minimum Gasteiger partial charge on any atom is -0.465 e. The lowest BCUT2D eigenvalue weighted by atomic mass is 10.0. The van der Waals surface area contributed by atoms with Gasteiger partial charge >= 0.3 is 5.97 Å². The Labute approximate surface area is 107 Å². The van der Waals surface area contributed by atoms with Gasteiger partial charge in [0.2, 0.25) is 0 Å². The molecule has 0 spiro atoms. The van der Waals surface area contributed by atoms with Crippen LogP contribution in [0.5, 0.6) is 0 Å². The first-order valence-electron chi connectivity index (χ1n) is 4.53. The Morgan fingerprint density at radius 1 is 1.44 bits per heavy atom. The highest BCUT2D eigenvalue weighted by Gasteiger charge is 2.16. The summed E-state index contributed by atoms with van der Waals surface area (Å²) in [6.45, 7) is 0. The summed E-state index contributed by atoms with van der Waals surface area (Å²) in [5.41, 5.74) is 0.996. The number of ether oxygens (including phenoxy) is 1. The van der Waals surface area contributed by atoms with Crippen molar-refractivity contribution in [2.45, 2.75) is 6.42 Å². The minimum atomic E-state index is -0.460. The van der Waals surface area contributed by atoms with Crippen molar-refractivity contribution in [3.05, 3.63) is 33.8 Å². The van der Waals surface area contributed by atoms with Crippen LogP contribution in [0, 0.1) is 0 Å². The first-order chi connectivity index (χ1) is 7.60. The lowest BCUT2D eigenvalue weighted by Crippen LogP contribution is -2.11. The molecule has 1 aromatic carbocycles. The van der Waals surface area contributed by atoms with Crippen molar-refractivity contribution in [3.63, 3.8) is 0 Å². The van der Waals surface area contributed by atoms with Gasteiger partial charge < -0.3 is 4.74 Å². The third-order valence-corrected chi connectivity index (χ3v) is 3.09. The molecule has 0 aliphatic heterocycles. The topological polar surface area (TPSA) is 43.4 Å². The fourth-order valence-corrected chi connectivity index (χ4v) is 1.88. The number of hydrogen-bond donors (Lipinski definition) is 0. The highest BCUT2D eigenvalue weighted by Crippen LogP contribution is 2.22. The Hall–Kier alpha value is -0.870. The van der Waals surface area contributed by atoms with Crippen molar-refractivity contribution in [1.82, 2.24) is 0 Å². The zero-order valence-electron chi connectivity index (χ0n) is 8.63. The molecule has 0 aliphatic carbocycles. The summed E-state index contributed by atoms with van der Waals surface area (Å²) in [5, 5.41) is 0. The number of alkyl halides is 1. The van der Waals surface area contributed by atoms with Crippen LogP contribution in [0.25, 0.3) is 0 Å². The zero-order valence-corrected chi connectivity index (χ0v) is 11.0. The van der Waals surface area contributed by atoms with E-state index in [4.69, 9.17) is 11.6 Å². The van der Waals surface area contributed by atoms with Gasteiger partial charge in [-0.15, -0.1) is 11.6 Å². The van der Waals surface area contributed by atoms with Crippen molar-refractivity contribution < 1.29 is 14.3 Å². The molecule has 0 amide bonds. The van der Waals surface area contributed by atoms with E-state index in [0.29, 0.717) is 15.6 Å². The highest BCUT2D eigenvalue weighted by molar-refractivity contribution is 9.10. The van der Waals surface area contributed by atoms with E-state index in [2.05, 4.69) is 20.7 Å². The van der Waals surface area contributed by atoms with Crippen LogP contribution in [-0.2, 0) is 16.0 Å². The van der Waals surface area contributed by atoms with Gasteiger partial charge in [0.15, 0.2) is 5.78 Å². The maximum absolute atomic E-state index is 11.5. The number of rotatable bonds is 4. The van der Waals surface area contributed by atoms with E-state index in [1.165, 1.54) is 7.11 Å². The molecular weight excluding hydrogens is 295 g/mol. The molecule has 0 heterocycles. The maximum Gasteiger partial charge on any atom is 0.338 e. The Kier molecular flexibility index (Phi) is 4.96. The average molecular weight is 306 g/mol. The van der Waals surface area contributed by atoms with E-state index in [1.54, 1.807) is 18.2 Å². The maximum atomic E-state index is 11.5. The quantitative estimate of drug-likeness (QED) is 0.634. The van der Waals surface area contributed by atoms with Gasteiger partial charge in [-0.1, -0.05) is 22.0 Å². The largest absolute Gasteiger partial charge is 0.465 e. The number of hydrogen-bond acceptors (Lipinski definition) is 3. The normalized spacial score (nSPS) is 9.94. The van der Waals surface area contributed by atoms with Crippen LogP contribution in [0.4, 0.5) is 0 Å².